The van der Waals surface area contributed by atoms with Gasteiger partial charge in [0.1, 0.15) is 12.0 Å². The standard InChI is InChI=1S/C17H20N2O4S/c18-16(11-17(20)23-13-15-9-5-2-6-10-15)24(21,22)19-12-14-7-3-1-4-8-14/h1-10,16,19H,11-13,18H2. The number of carbonyl (C=O) groups excluding carboxylic acids is 1. The molecule has 1 unspecified atom stereocenters. The molecule has 7 heteroatoms. The van der Waals surface area contributed by atoms with Crippen LogP contribution in [-0.2, 0) is 32.7 Å². The van der Waals surface area contributed by atoms with Gasteiger partial charge in [-0.05, 0) is 11.1 Å². The van der Waals surface area contributed by atoms with E-state index in [-0.39, 0.29) is 13.2 Å². The smallest absolute Gasteiger partial charge is 0.308 e. The van der Waals surface area contributed by atoms with Crippen LogP contribution in [0.15, 0.2) is 60.7 Å². The number of hydrogen-bond acceptors (Lipinski definition) is 5. The summed E-state index contributed by atoms with van der Waals surface area (Å²) in [5.41, 5.74) is 7.26. The summed E-state index contributed by atoms with van der Waals surface area (Å²) in [4.78, 5) is 11.8. The summed E-state index contributed by atoms with van der Waals surface area (Å²) in [6.45, 7) is 0.208. The van der Waals surface area contributed by atoms with E-state index >= 15 is 0 Å². The van der Waals surface area contributed by atoms with Crippen LogP contribution in [-0.4, -0.2) is 19.8 Å². The third-order valence-electron chi connectivity index (χ3n) is 3.33. The molecule has 0 aliphatic carbocycles. The molecule has 2 rings (SSSR count). The van der Waals surface area contributed by atoms with Gasteiger partial charge in [0.25, 0.3) is 0 Å². The zero-order valence-electron chi connectivity index (χ0n) is 13.1. The highest BCUT2D eigenvalue weighted by molar-refractivity contribution is 7.90. The molecule has 0 saturated carbocycles. The van der Waals surface area contributed by atoms with Crippen LogP contribution in [0.5, 0.6) is 0 Å². The van der Waals surface area contributed by atoms with Crippen LogP contribution in [0, 0.1) is 0 Å². The third kappa shape index (κ3) is 5.77. The molecule has 0 fully saturated rings. The van der Waals surface area contributed by atoms with Crippen molar-refractivity contribution >= 4 is 16.0 Å². The first-order chi connectivity index (χ1) is 11.5. The van der Waals surface area contributed by atoms with E-state index in [0.29, 0.717) is 0 Å². The number of esters is 1. The van der Waals surface area contributed by atoms with Crippen molar-refractivity contribution in [2.45, 2.75) is 24.9 Å². The second kappa shape index (κ2) is 8.58. The molecule has 2 aromatic rings. The van der Waals surface area contributed by atoms with Crippen LogP contribution in [0.3, 0.4) is 0 Å². The molecule has 1 atom stereocenters. The second-order valence-corrected chi connectivity index (χ2v) is 7.22. The van der Waals surface area contributed by atoms with Crippen LogP contribution < -0.4 is 10.5 Å². The lowest BCUT2D eigenvalue weighted by atomic mass is 10.2. The van der Waals surface area contributed by atoms with Crippen molar-refractivity contribution in [2.75, 3.05) is 0 Å². The summed E-state index contributed by atoms with van der Waals surface area (Å²) >= 11 is 0. The quantitative estimate of drug-likeness (QED) is 0.705. The number of hydrogen-bond donors (Lipinski definition) is 2. The Morgan fingerprint density at radius 3 is 2.12 bits per heavy atom. The number of sulfonamides is 1. The minimum atomic E-state index is -3.81. The zero-order chi connectivity index (χ0) is 17.4. The van der Waals surface area contributed by atoms with Gasteiger partial charge in [-0.2, -0.15) is 0 Å². The van der Waals surface area contributed by atoms with E-state index in [1.165, 1.54) is 0 Å². The fourth-order valence-electron chi connectivity index (χ4n) is 1.96. The maximum Gasteiger partial charge on any atom is 0.308 e. The average Bonchev–Trinajstić information content (AvgIpc) is 2.60. The van der Waals surface area contributed by atoms with E-state index in [4.69, 9.17) is 10.5 Å². The molecule has 0 bridgehead atoms. The Morgan fingerprint density at radius 1 is 1.00 bits per heavy atom. The first-order valence-electron chi connectivity index (χ1n) is 7.45. The van der Waals surface area contributed by atoms with Gasteiger partial charge in [0.15, 0.2) is 0 Å². The van der Waals surface area contributed by atoms with Gasteiger partial charge in [-0.25, -0.2) is 13.1 Å². The number of benzene rings is 2. The maximum absolute atomic E-state index is 12.1. The molecule has 0 aliphatic rings. The van der Waals surface area contributed by atoms with E-state index < -0.39 is 27.8 Å². The first kappa shape index (κ1) is 18.1. The minimum Gasteiger partial charge on any atom is -0.461 e. The number of rotatable bonds is 8. The van der Waals surface area contributed by atoms with Crippen LogP contribution in [0.25, 0.3) is 0 Å². The molecule has 0 saturated heterocycles. The van der Waals surface area contributed by atoms with Gasteiger partial charge in [-0.1, -0.05) is 60.7 Å². The van der Waals surface area contributed by atoms with Gasteiger partial charge in [0, 0.05) is 6.54 Å². The molecule has 0 amide bonds. The Bertz CT molecular complexity index is 749. The number of nitrogens with one attached hydrogen (secondary N) is 1. The summed E-state index contributed by atoms with van der Waals surface area (Å²) < 4.78 is 31.6. The predicted molar refractivity (Wildman–Crippen MR) is 91.0 cm³/mol. The molecule has 24 heavy (non-hydrogen) atoms. The molecule has 0 radical (unpaired) electrons. The number of ether oxygens (including phenoxy) is 1. The SMILES string of the molecule is NC(CC(=O)OCc1ccccc1)S(=O)(=O)NCc1ccccc1. The normalized spacial score (nSPS) is 12.5. The minimum absolute atomic E-state index is 0.0872. The number of carbonyl (C=O) groups is 1. The molecule has 0 spiro atoms. The van der Waals surface area contributed by atoms with Crippen LogP contribution in [0.1, 0.15) is 17.5 Å². The molecule has 128 valence electrons. The third-order valence-corrected chi connectivity index (χ3v) is 4.84. The fraction of sp³-hybridized carbons (Fsp3) is 0.235. The molecule has 6 nitrogen and oxygen atoms in total. The maximum atomic E-state index is 12.1. The topological polar surface area (TPSA) is 98.5 Å². The lowest BCUT2D eigenvalue weighted by molar-refractivity contribution is -0.144. The van der Waals surface area contributed by atoms with Gasteiger partial charge in [-0.3, -0.25) is 4.79 Å². The monoisotopic (exact) mass is 348 g/mol. The summed E-state index contributed by atoms with van der Waals surface area (Å²) in [5, 5.41) is -1.36. The van der Waals surface area contributed by atoms with Crippen molar-refractivity contribution in [2.24, 2.45) is 5.73 Å². The predicted octanol–water partition coefficient (Wildman–Crippen LogP) is 1.52. The largest absolute Gasteiger partial charge is 0.461 e. The number of nitrogens with two attached hydrogens (primary N) is 1. The van der Waals surface area contributed by atoms with Crippen molar-refractivity contribution in [1.29, 1.82) is 0 Å². The van der Waals surface area contributed by atoms with Crippen molar-refractivity contribution in [3.05, 3.63) is 71.8 Å². The Hall–Kier alpha value is -2.22. The summed E-state index contributed by atoms with van der Waals surface area (Å²) in [6, 6.07) is 18.2. The fourth-order valence-corrected chi connectivity index (χ4v) is 2.90. The summed E-state index contributed by atoms with van der Waals surface area (Å²) in [5.74, 6) is -0.656. The Morgan fingerprint density at radius 2 is 1.54 bits per heavy atom. The molecule has 0 heterocycles. The van der Waals surface area contributed by atoms with Crippen molar-refractivity contribution in [3.8, 4) is 0 Å². The highest BCUT2D eigenvalue weighted by Crippen LogP contribution is 2.06. The molecule has 0 aliphatic heterocycles. The lowest BCUT2D eigenvalue weighted by Gasteiger charge is -2.13. The van der Waals surface area contributed by atoms with E-state index in [1.54, 1.807) is 12.1 Å². The van der Waals surface area contributed by atoms with Crippen LogP contribution in [0.4, 0.5) is 0 Å². The molecule has 2 aromatic carbocycles. The van der Waals surface area contributed by atoms with E-state index in [9.17, 15) is 13.2 Å². The Balaban J connectivity index is 1.81. The Kier molecular flexibility index (Phi) is 6.48. The van der Waals surface area contributed by atoms with Crippen molar-refractivity contribution in [3.63, 3.8) is 0 Å². The highest BCUT2D eigenvalue weighted by Gasteiger charge is 2.24. The average molecular weight is 348 g/mol. The van der Waals surface area contributed by atoms with Gasteiger partial charge in [-0.15, -0.1) is 0 Å². The summed E-state index contributed by atoms with van der Waals surface area (Å²) in [7, 11) is -3.81. The van der Waals surface area contributed by atoms with Crippen LogP contribution in [0.2, 0.25) is 0 Å². The highest BCUT2D eigenvalue weighted by atomic mass is 32.2. The van der Waals surface area contributed by atoms with Gasteiger partial charge in [0.2, 0.25) is 10.0 Å². The molecular weight excluding hydrogens is 328 g/mol. The summed E-state index contributed by atoms with van der Waals surface area (Å²) in [6.07, 6.45) is -0.406. The van der Waals surface area contributed by atoms with E-state index in [1.807, 2.05) is 48.5 Å². The van der Waals surface area contributed by atoms with E-state index in [0.717, 1.165) is 11.1 Å². The zero-order valence-corrected chi connectivity index (χ0v) is 13.9. The second-order valence-electron chi connectivity index (χ2n) is 5.24. The molecule has 3 N–H and O–H groups in total. The van der Waals surface area contributed by atoms with Gasteiger partial charge in [0.05, 0.1) is 6.42 Å². The molecule has 0 aromatic heterocycles. The van der Waals surface area contributed by atoms with Gasteiger partial charge < -0.3 is 10.5 Å². The van der Waals surface area contributed by atoms with Crippen molar-refractivity contribution < 1.29 is 17.9 Å². The molecular formula is C17H20N2O4S. The van der Waals surface area contributed by atoms with Gasteiger partial charge >= 0.3 is 5.97 Å². The van der Waals surface area contributed by atoms with Crippen molar-refractivity contribution in [1.82, 2.24) is 4.72 Å². The Labute approximate surface area is 141 Å². The van der Waals surface area contributed by atoms with Crippen LogP contribution >= 0.6 is 0 Å². The van der Waals surface area contributed by atoms with E-state index in [2.05, 4.69) is 4.72 Å². The first-order valence-corrected chi connectivity index (χ1v) is 8.99. The lowest BCUT2D eigenvalue weighted by Crippen LogP contribution is -2.41.